The van der Waals surface area contributed by atoms with Gasteiger partial charge in [-0.3, -0.25) is 19.5 Å². The number of aromatic amines is 1. The third-order valence-electron chi connectivity index (χ3n) is 5.76. The predicted molar refractivity (Wildman–Crippen MR) is 108 cm³/mol. The van der Waals surface area contributed by atoms with E-state index in [0.29, 0.717) is 25.4 Å². The van der Waals surface area contributed by atoms with Crippen LogP contribution in [0.15, 0.2) is 24.7 Å². The van der Waals surface area contributed by atoms with Crippen LogP contribution in [0.3, 0.4) is 0 Å². The van der Waals surface area contributed by atoms with Crippen LogP contribution in [-0.2, 0) is 16.0 Å². The van der Waals surface area contributed by atoms with E-state index in [1.165, 1.54) is 0 Å². The lowest BCUT2D eigenvalue weighted by molar-refractivity contribution is -0.138. The van der Waals surface area contributed by atoms with E-state index in [9.17, 15) is 9.59 Å². The van der Waals surface area contributed by atoms with E-state index < -0.39 is 0 Å². The van der Waals surface area contributed by atoms with Gasteiger partial charge >= 0.3 is 0 Å². The minimum atomic E-state index is -0.00742. The average molecular weight is 383 g/mol. The molecule has 28 heavy (non-hydrogen) atoms. The molecule has 7 heteroatoms. The third-order valence-corrected chi connectivity index (χ3v) is 5.76. The molecule has 2 aromatic rings. The van der Waals surface area contributed by atoms with E-state index in [4.69, 9.17) is 0 Å². The second-order valence-electron chi connectivity index (χ2n) is 8.46. The number of carbonyl (C=O) groups is 2. The molecular formula is C21H29N5O2. The predicted octanol–water partition coefficient (Wildman–Crippen LogP) is 1.55. The highest BCUT2D eigenvalue weighted by atomic mass is 16.2. The summed E-state index contributed by atoms with van der Waals surface area (Å²) in [7, 11) is 0. The van der Waals surface area contributed by atoms with Crippen LogP contribution < -0.4 is 5.32 Å². The highest BCUT2D eigenvalue weighted by Crippen LogP contribution is 2.21. The van der Waals surface area contributed by atoms with Crippen LogP contribution in [-0.4, -0.2) is 69.8 Å². The van der Waals surface area contributed by atoms with Gasteiger partial charge in [0.05, 0.1) is 30.2 Å². The molecule has 4 heterocycles. The van der Waals surface area contributed by atoms with Gasteiger partial charge in [-0.1, -0.05) is 13.8 Å². The Morgan fingerprint density at radius 1 is 1.36 bits per heavy atom. The normalized spacial score (nSPS) is 20.7. The zero-order valence-corrected chi connectivity index (χ0v) is 16.6. The maximum Gasteiger partial charge on any atom is 0.237 e. The molecule has 1 unspecified atom stereocenters. The summed E-state index contributed by atoms with van der Waals surface area (Å²) in [6, 6.07) is 2.00. The Kier molecular flexibility index (Phi) is 5.35. The summed E-state index contributed by atoms with van der Waals surface area (Å²) in [6.07, 6.45) is 7.78. The first kappa shape index (κ1) is 18.9. The molecule has 2 aliphatic rings. The fourth-order valence-electron chi connectivity index (χ4n) is 4.33. The maximum absolute atomic E-state index is 12.7. The average Bonchev–Trinajstić information content (AvgIpc) is 3.24. The Morgan fingerprint density at radius 3 is 2.96 bits per heavy atom. The molecular weight excluding hydrogens is 354 g/mol. The standard InChI is InChI=1S/C21H29N5O2/c1-14(2)11-25-7-3-4-19(25)21(28)24-16-12-26(13-16)20(27)8-15-9-23-18-10-22-6-5-17(15)18/h5-6,9-10,14,16,19,23H,3-4,7-8,11-13H2,1-2H3,(H,24,28). The van der Waals surface area contributed by atoms with Gasteiger partial charge in [0.2, 0.25) is 11.8 Å². The number of hydrogen-bond acceptors (Lipinski definition) is 4. The molecule has 0 bridgehead atoms. The van der Waals surface area contributed by atoms with E-state index in [1.54, 1.807) is 12.4 Å². The Morgan fingerprint density at radius 2 is 2.18 bits per heavy atom. The number of amides is 2. The van der Waals surface area contributed by atoms with E-state index in [-0.39, 0.29) is 23.9 Å². The Hall–Kier alpha value is -2.41. The Balaban J connectivity index is 1.26. The molecule has 0 radical (unpaired) electrons. The van der Waals surface area contributed by atoms with Crippen LogP contribution >= 0.6 is 0 Å². The van der Waals surface area contributed by atoms with Crippen LogP contribution in [0.1, 0.15) is 32.3 Å². The molecule has 2 aromatic heterocycles. The second-order valence-corrected chi connectivity index (χ2v) is 8.46. The highest BCUT2D eigenvalue weighted by Gasteiger charge is 2.36. The molecule has 0 saturated carbocycles. The molecule has 2 N–H and O–H groups in total. The van der Waals surface area contributed by atoms with Gasteiger partial charge in [-0.05, 0) is 36.9 Å². The monoisotopic (exact) mass is 383 g/mol. The SMILES string of the molecule is CC(C)CN1CCCC1C(=O)NC1CN(C(=O)Cc2c[nH]c3cnccc23)C1. The molecule has 1 atom stereocenters. The van der Waals surface area contributed by atoms with Crippen molar-refractivity contribution in [3.05, 3.63) is 30.2 Å². The van der Waals surface area contributed by atoms with Crippen LogP contribution in [0, 0.1) is 5.92 Å². The van der Waals surface area contributed by atoms with Gasteiger partial charge in [-0.25, -0.2) is 0 Å². The van der Waals surface area contributed by atoms with Crippen molar-refractivity contribution >= 4 is 22.7 Å². The van der Waals surface area contributed by atoms with Crippen molar-refractivity contribution in [1.82, 2.24) is 25.1 Å². The summed E-state index contributed by atoms with van der Waals surface area (Å²) in [6.45, 7) is 7.55. The Bertz CT molecular complexity index is 855. The van der Waals surface area contributed by atoms with Crippen molar-refractivity contribution in [3.8, 4) is 0 Å². The summed E-state index contributed by atoms with van der Waals surface area (Å²) in [5.41, 5.74) is 1.94. The van der Waals surface area contributed by atoms with E-state index in [1.807, 2.05) is 17.2 Å². The number of nitrogens with one attached hydrogen (secondary N) is 2. The highest BCUT2D eigenvalue weighted by molar-refractivity contribution is 5.89. The molecule has 2 saturated heterocycles. The number of H-pyrrole nitrogens is 1. The summed E-state index contributed by atoms with van der Waals surface area (Å²) >= 11 is 0. The molecule has 0 aromatic carbocycles. The van der Waals surface area contributed by atoms with E-state index in [0.717, 1.165) is 42.4 Å². The maximum atomic E-state index is 12.7. The molecule has 2 fully saturated rings. The first-order valence-electron chi connectivity index (χ1n) is 10.2. The molecule has 150 valence electrons. The molecule has 4 rings (SSSR count). The quantitative estimate of drug-likeness (QED) is 0.793. The summed E-state index contributed by atoms with van der Waals surface area (Å²) in [4.78, 5) is 36.6. The summed E-state index contributed by atoms with van der Waals surface area (Å²) in [5.74, 6) is 0.787. The van der Waals surface area contributed by atoms with Crippen LogP contribution in [0.4, 0.5) is 0 Å². The smallest absolute Gasteiger partial charge is 0.237 e. The third kappa shape index (κ3) is 3.90. The van der Waals surface area contributed by atoms with Crippen molar-refractivity contribution < 1.29 is 9.59 Å². The van der Waals surface area contributed by atoms with Crippen LogP contribution in [0.25, 0.3) is 10.9 Å². The zero-order valence-electron chi connectivity index (χ0n) is 16.6. The van der Waals surface area contributed by atoms with Crippen molar-refractivity contribution in [1.29, 1.82) is 0 Å². The summed E-state index contributed by atoms with van der Waals surface area (Å²) in [5, 5.41) is 4.19. The molecule has 2 aliphatic heterocycles. The van der Waals surface area contributed by atoms with Gasteiger partial charge in [0.15, 0.2) is 0 Å². The van der Waals surface area contributed by atoms with E-state index >= 15 is 0 Å². The van der Waals surface area contributed by atoms with Crippen molar-refractivity contribution in [3.63, 3.8) is 0 Å². The van der Waals surface area contributed by atoms with Crippen LogP contribution in [0.5, 0.6) is 0 Å². The van der Waals surface area contributed by atoms with E-state index in [2.05, 4.69) is 34.0 Å². The van der Waals surface area contributed by atoms with Crippen molar-refractivity contribution in [2.75, 3.05) is 26.2 Å². The fourth-order valence-corrected chi connectivity index (χ4v) is 4.33. The van der Waals surface area contributed by atoms with Crippen molar-refractivity contribution in [2.24, 2.45) is 5.92 Å². The van der Waals surface area contributed by atoms with Crippen LogP contribution in [0.2, 0.25) is 0 Å². The number of pyridine rings is 1. The topological polar surface area (TPSA) is 81.3 Å². The fraction of sp³-hybridized carbons (Fsp3) is 0.571. The lowest BCUT2D eigenvalue weighted by Gasteiger charge is -2.40. The minimum Gasteiger partial charge on any atom is -0.360 e. The first-order valence-corrected chi connectivity index (χ1v) is 10.2. The number of aromatic nitrogens is 2. The van der Waals surface area contributed by atoms with Gasteiger partial charge in [0.1, 0.15) is 0 Å². The number of rotatable bonds is 6. The number of likely N-dealkylation sites (tertiary alicyclic amines) is 2. The zero-order chi connectivity index (χ0) is 19.7. The van der Waals surface area contributed by atoms with Crippen molar-refractivity contribution in [2.45, 2.75) is 45.2 Å². The molecule has 2 amide bonds. The molecule has 0 aliphatic carbocycles. The number of hydrogen-bond donors (Lipinski definition) is 2. The second kappa shape index (κ2) is 7.91. The number of nitrogens with zero attached hydrogens (tertiary/aromatic N) is 3. The molecule has 7 nitrogen and oxygen atoms in total. The Labute approximate surface area is 165 Å². The van der Waals surface area contributed by atoms with Gasteiger partial charge in [0.25, 0.3) is 0 Å². The van der Waals surface area contributed by atoms with Gasteiger partial charge in [0, 0.05) is 37.4 Å². The minimum absolute atomic E-state index is 0.00742. The number of carbonyl (C=O) groups excluding carboxylic acids is 2. The largest absolute Gasteiger partial charge is 0.360 e. The summed E-state index contributed by atoms with van der Waals surface area (Å²) < 4.78 is 0. The molecule has 0 spiro atoms. The van der Waals surface area contributed by atoms with Gasteiger partial charge in [-0.2, -0.15) is 0 Å². The van der Waals surface area contributed by atoms with Gasteiger partial charge < -0.3 is 15.2 Å². The lowest BCUT2D eigenvalue weighted by Crippen LogP contribution is -2.63. The van der Waals surface area contributed by atoms with Gasteiger partial charge in [-0.15, -0.1) is 0 Å². The first-order chi connectivity index (χ1) is 13.5. The number of fused-ring (bicyclic) bond motifs is 1. The lowest BCUT2D eigenvalue weighted by atomic mass is 10.0.